The third kappa shape index (κ3) is 2.31. The maximum absolute atomic E-state index is 13.1. The predicted molar refractivity (Wildman–Crippen MR) is 65.2 cm³/mol. The number of halogens is 3. The van der Waals surface area contributed by atoms with E-state index in [0.29, 0.717) is 0 Å². The number of aryl methyl sites for hydroxylation is 1. The van der Waals surface area contributed by atoms with Crippen molar-refractivity contribution in [2.24, 2.45) is 0 Å². The Kier molecular flexibility index (Phi) is 3.53. The van der Waals surface area contributed by atoms with Crippen LogP contribution in [0.4, 0.5) is 8.78 Å². The van der Waals surface area contributed by atoms with E-state index in [9.17, 15) is 13.6 Å². The number of hydrogen-bond donors (Lipinski definition) is 1. The van der Waals surface area contributed by atoms with Crippen LogP contribution in [0.2, 0.25) is 5.02 Å². The fraction of sp³-hybridized carbons (Fsp3) is 0.167. The molecule has 0 aliphatic carbocycles. The molecule has 1 aromatic carbocycles. The number of alkyl halides is 2. The quantitative estimate of drug-likeness (QED) is 0.940. The molecule has 2 aromatic rings. The van der Waals surface area contributed by atoms with Gasteiger partial charge in [0.15, 0.2) is 0 Å². The summed E-state index contributed by atoms with van der Waals surface area (Å²) >= 11 is 5.92. The zero-order valence-electron chi connectivity index (χ0n) is 9.77. The largest absolute Gasteiger partial charge is 0.478 e. The first-order valence-corrected chi connectivity index (χ1v) is 5.67. The summed E-state index contributed by atoms with van der Waals surface area (Å²) in [6.45, 7) is 1.36. The van der Waals surface area contributed by atoms with Crippen LogP contribution in [-0.4, -0.2) is 20.9 Å². The summed E-state index contributed by atoms with van der Waals surface area (Å²) in [6.07, 6.45) is -2.97. The number of hydrogen-bond acceptors (Lipinski definition) is 2. The van der Waals surface area contributed by atoms with E-state index in [1.807, 2.05) is 0 Å². The number of rotatable bonds is 3. The summed E-state index contributed by atoms with van der Waals surface area (Å²) in [7, 11) is 0. The first-order valence-electron chi connectivity index (χ1n) is 5.29. The zero-order chi connectivity index (χ0) is 14.2. The van der Waals surface area contributed by atoms with E-state index >= 15 is 0 Å². The topological polar surface area (TPSA) is 55.1 Å². The van der Waals surface area contributed by atoms with Gasteiger partial charge in [0, 0.05) is 0 Å². The molecule has 19 heavy (non-hydrogen) atoms. The smallest absolute Gasteiger partial charge is 0.339 e. The summed E-state index contributed by atoms with van der Waals surface area (Å²) in [5.74, 6) is -1.44. The molecule has 1 aromatic heterocycles. The van der Waals surface area contributed by atoms with Crippen molar-refractivity contribution in [2.75, 3.05) is 0 Å². The van der Waals surface area contributed by atoms with Crippen molar-refractivity contribution >= 4 is 17.6 Å². The number of aromatic nitrogens is 2. The van der Waals surface area contributed by atoms with Crippen LogP contribution in [0.5, 0.6) is 0 Å². The maximum atomic E-state index is 13.1. The minimum atomic E-state index is -2.97. The summed E-state index contributed by atoms with van der Waals surface area (Å²) in [5, 5.41) is 13.1. The van der Waals surface area contributed by atoms with E-state index in [0.717, 1.165) is 4.68 Å². The van der Waals surface area contributed by atoms with Crippen LogP contribution < -0.4 is 0 Å². The Hall–Kier alpha value is -1.95. The predicted octanol–water partition coefficient (Wildman–Crippen LogP) is 3.47. The molecule has 0 saturated carbocycles. The fourth-order valence-electron chi connectivity index (χ4n) is 1.82. The van der Waals surface area contributed by atoms with Gasteiger partial charge in [-0.3, -0.25) is 0 Å². The highest BCUT2D eigenvalue weighted by Crippen LogP contribution is 2.30. The molecule has 0 spiro atoms. The molecule has 0 aliphatic heterocycles. The minimum absolute atomic E-state index is 0.0164. The van der Waals surface area contributed by atoms with Crippen LogP contribution in [0.25, 0.3) is 5.69 Å². The van der Waals surface area contributed by atoms with E-state index in [1.54, 1.807) is 12.1 Å². The number of aromatic carboxylic acids is 1. The van der Waals surface area contributed by atoms with E-state index in [2.05, 4.69) is 5.10 Å². The van der Waals surface area contributed by atoms with Gasteiger partial charge in [0.2, 0.25) is 0 Å². The number of nitrogens with zero attached hydrogens (tertiary/aromatic N) is 2. The lowest BCUT2D eigenvalue weighted by Gasteiger charge is -2.08. The molecule has 0 saturated heterocycles. The Morgan fingerprint density at radius 1 is 1.42 bits per heavy atom. The van der Waals surface area contributed by atoms with Crippen LogP contribution in [-0.2, 0) is 0 Å². The van der Waals surface area contributed by atoms with Crippen molar-refractivity contribution < 1.29 is 18.7 Å². The highest BCUT2D eigenvalue weighted by molar-refractivity contribution is 6.32. The molecule has 0 amide bonds. The summed E-state index contributed by atoms with van der Waals surface area (Å²) in [4.78, 5) is 11.1. The number of para-hydroxylation sites is 1. The van der Waals surface area contributed by atoms with Crippen molar-refractivity contribution in [3.63, 3.8) is 0 Å². The molecule has 2 rings (SSSR count). The lowest BCUT2D eigenvalue weighted by molar-refractivity contribution is 0.0682. The van der Waals surface area contributed by atoms with Gasteiger partial charge in [-0.2, -0.15) is 5.10 Å². The fourth-order valence-corrected chi connectivity index (χ4v) is 2.03. The van der Waals surface area contributed by atoms with Gasteiger partial charge < -0.3 is 5.11 Å². The molecule has 7 heteroatoms. The van der Waals surface area contributed by atoms with Gasteiger partial charge in [-0.1, -0.05) is 23.7 Å². The standard InChI is InChI=1S/C12H9ClF2N2O2/c1-6-9(12(18)19)10(11(14)15)17(16-6)8-5-3-2-4-7(8)13/h2-5,11H,1H3,(H,18,19). The normalized spacial score (nSPS) is 11.0. The van der Waals surface area contributed by atoms with Crippen molar-refractivity contribution in [3.8, 4) is 5.69 Å². The maximum Gasteiger partial charge on any atom is 0.339 e. The molecule has 1 N–H and O–H groups in total. The van der Waals surface area contributed by atoms with E-state index in [1.165, 1.54) is 19.1 Å². The van der Waals surface area contributed by atoms with Crippen LogP contribution in [0.3, 0.4) is 0 Å². The van der Waals surface area contributed by atoms with Gasteiger partial charge >= 0.3 is 5.97 Å². The van der Waals surface area contributed by atoms with E-state index < -0.39 is 23.7 Å². The van der Waals surface area contributed by atoms with Crippen molar-refractivity contribution in [3.05, 3.63) is 46.2 Å². The first-order chi connectivity index (χ1) is 8.93. The number of carboxylic acids is 1. The molecule has 0 aliphatic rings. The number of carboxylic acid groups (broad SMARTS) is 1. The Morgan fingerprint density at radius 3 is 2.58 bits per heavy atom. The minimum Gasteiger partial charge on any atom is -0.478 e. The second kappa shape index (κ2) is 4.97. The average molecular weight is 287 g/mol. The second-order valence-electron chi connectivity index (χ2n) is 3.81. The summed E-state index contributed by atoms with van der Waals surface area (Å²) in [6, 6.07) is 6.26. The molecule has 0 unspecified atom stereocenters. The Balaban J connectivity index is 2.75. The van der Waals surface area contributed by atoms with Crippen LogP contribution >= 0.6 is 11.6 Å². The van der Waals surface area contributed by atoms with Gasteiger partial charge in [0.1, 0.15) is 11.3 Å². The van der Waals surface area contributed by atoms with Gasteiger partial charge in [0.25, 0.3) is 6.43 Å². The second-order valence-corrected chi connectivity index (χ2v) is 4.22. The van der Waals surface area contributed by atoms with Gasteiger partial charge in [-0.15, -0.1) is 0 Å². The third-order valence-electron chi connectivity index (χ3n) is 2.60. The number of carbonyl (C=O) groups is 1. The lowest BCUT2D eigenvalue weighted by atomic mass is 10.2. The molecule has 0 atom stereocenters. The van der Waals surface area contributed by atoms with E-state index in [-0.39, 0.29) is 16.4 Å². The average Bonchev–Trinajstić information content (AvgIpc) is 2.67. The Labute approximate surface area is 112 Å². The Bertz CT molecular complexity index is 641. The SMILES string of the molecule is Cc1nn(-c2ccccc2Cl)c(C(F)F)c1C(=O)O. The van der Waals surface area contributed by atoms with Crippen molar-refractivity contribution in [1.29, 1.82) is 0 Å². The summed E-state index contributed by atoms with van der Waals surface area (Å²) < 4.78 is 27.1. The van der Waals surface area contributed by atoms with Gasteiger partial charge in [0.05, 0.1) is 16.4 Å². The van der Waals surface area contributed by atoms with Crippen LogP contribution in [0, 0.1) is 6.92 Å². The summed E-state index contributed by atoms with van der Waals surface area (Å²) in [5.41, 5.74) is -0.925. The molecule has 4 nitrogen and oxygen atoms in total. The van der Waals surface area contributed by atoms with Gasteiger partial charge in [-0.05, 0) is 19.1 Å². The zero-order valence-corrected chi connectivity index (χ0v) is 10.5. The highest BCUT2D eigenvalue weighted by atomic mass is 35.5. The molecule has 0 radical (unpaired) electrons. The molecule has 0 bridgehead atoms. The molecule has 1 heterocycles. The monoisotopic (exact) mass is 286 g/mol. The number of benzene rings is 1. The van der Waals surface area contributed by atoms with E-state index in [4.69, 9.17) is 16.7 Å². The van der Waals surface area contributed by atoms with Gasteiger partial charge in [-0.25, -0.2) is 18.3 Å². The molecular weight excluding hydrogens is 278 g/mol. The highest BCUT2D eigenvalue weighted by Gasteiger charge is 2.28. The third-order valence-corrected chi connectivity index (χ3v) is 2.92. The van der Waals surface area contributed by atoms with Crippen LogP contribution in [0.1, 0.15) is 28.2 Å². The molecule has 100 valence electrons. The lowest BCUT2D eigenvalue weighted by Crippen LogP contribution is -2.07. The first kappa shape index (κ1) is 13.5. The molecule has 0 fully saturated rings. The van der Waals surface area contributed by atoms with Crippen molar-refractivity contribution in [2.45, 2.75) is 13.3 Å². The van der Waals surface area contributed by atoms with Crippen molar-refractivity contribution in [1.82, 2.24) is 9.78 Å². The Morgan fingerprint density at radius 2 is 2.05 bits per heavy atom. The molecular formula is C12H9ClF2N2O2. The van der Waals surface area contributed by atoms with Crippen LogP contribution in [0.15, 0.2) is 24.3 Å².